The molecule has 0 saturated carbocycles. The standard InChI is InChI=1S/C22H23ClN2O3/c1-16-6-8-18(9-7-16)27-11-12-28-22-19(23)13-17(14-20(22)26-2)15-25-21-5-3-4-10-24-21/h3-10,13-14H,11-12,15H2,1-2H3,(H,24,25). The second-order valence-corrected chi connectivity index (χ2v) is 6.59. The van der Waals surface area contributed by atoms with E-state index in [4.69, 9.17) is 25.8 Å². The molecular weight excluding hydrogens is 376 g/mol. The van der Waals surface area contributed by atoms with E-state index in [0.29, 0.717) is 36.3 Å². The van der Waals surface area contributed by atoms with E-state index in [0.717, 1.165) is 17.1 Å². The maximum absolute atomic E-state index is 6.42. The molecule has 0 bridgehead atoms. The van der Waals surface area contributed by atoms with Crippen LogP contribution in [0.4, 0.5) is 5.82 Å². The third-order valence-corrected chi connectivity index (χ3v) is 4.33. The zero-order valence-electron chi connectivity index (χ0n) is 15.9. The van der Waals surface area contributed by atoms with Gasteiger partial charge >= 0.3 is 0 Å². The third-order valence-electron chi connectivity index (χ3n) is 4.05. The van der Waals surface area contributed by atoms with Crippen LogP contribution in [0, 0.1) is 6.92 Å². The van der Waals surface area contributed by atoms with Gasteiger partial charge in [-0.05, 0) is 48.9 Å². The molecule has 1 N–H and O–H groups in total. The summed E-state index contributed by atoms with van der Waals surface area (Å²) in [6, 6.07) is 17.4. The van der Waals surface area contributed by atoms with Crippen molar-refractivity contribution in [2.45, 2.75) is 13.5 Å². The van der Waals surface area contributed by atoms with Gasteiger partial charge in [-0.3, -0.25) is 0 Å². The zero-order valence-corrected chi connectivity index (χ0v) is 16.7. The van der Waals surface area contributed by atoms with E-state index in [-0.39, 0.29) is 0 Å². The monoisotopic (exact) mass is 398 g/mol. The Kier molecular flexibility index (Phi) is 6.98. The number of benzene rings is 2. The van der Waals surface area contributed by atoms with Gasteiger partial charge in [-0.1, -0.05) is 35.4 Å². The van der Waals surface area contributed by atoms with Gasteiger partial charge in [-0.25, -0.2) is 4.98 Å². The molecule has 0 aliphatic carbocycles. The summed E-state index contributed by atoms with van der Waals surface area (Å²) in [4.78, 5) is 4.24. The molecule has 3 aromatic rings. The van der Waals surface area contributed by atoms with Gasteiger partial charge in [0.2, 0.25) is 0 Å². The Balaban J connectivity index is 1.57. The minimum atomic E-state index is 0.357. The lowest BCUT2D eigenvalue weighted by Crippen LogP contribution is -2.10. The average molecular weight is 399 g/mol. The van der Waals surface area contributed by atoms with Gasteiger partial charge < -0.3 is 19.5 Å². The second-order valence-electron chi connectivity index (χ2n) is 6.19. The topological polar surface area (TPSA) is 52.6 Å². The summed E-state index contributed by atoms with van der Waals surface area (Å²) in [6.45, 7) is 3.38. The van der Waals surface area contributed by atoms with Crippen molar-refractivity contribution in [1.29, 1.82) is 0 Å². The smallest absolute Gasteiger partial charge is 0.179 e. The van der Waals surface area contributed by atoms with Crippen molar-refractivity contribution in [1.82, 2.24) is 4.98 Å². The summed E-state index contributed by atoms with van der Waals surface area (Å²) in [6.07, 6.45) is 1.74. The van der Waals surface area contributed by atoms with E-state index < -0.39 is 0 Å². The summed E-state index contributed by atoms with van der Waals surface area (Å²) in [7, 11) is 1.59. The first-order chi connectivity index (χ1) is 13.7. The highest BCUT2D eigenvalue weighted by Crippen LogP contribution is 2.36. The molecule has 146 valence electrons. The molecule has 6 heteroatoms. The molecule has 0 fully saturated rings. The molecule has 2 aromatic carbocycles. The number of nitrogens with zero attached hydrogens (tertiary/aromatic N) is 1. The minimum absolute atomic E-state index is 0.357. The Labute approximate surface area is 170 Å². The molecule has 0 saturated heterocycles. The number of rotatable bonds is 9. The van der Waals surface area contributed by atoms with Gasteiger partial charge in [0.05, 0.1) is 12.1 Å². The zero-order chi connectivity index (χ0) is 19.8. The lowest BCUT2D eigenvalue weighted by atomic mass is 10.2. The summed E-state index contributed by atoms with van der Waals surface area (Å²) in [5, 5.41) is 3.74. The van der Waals surface area contributed by atoms with E-state index in [1.165, 1.54) is 5.56 Å². The summed E-state index contributed by atoms with van der Waals surface area (Å²) in [5.41, 5.74) is 2.16. The number of hydrogen-bond donors (Lipinski definition) is 1. The van der Waals surface area contributed by atoms with Crippen LogP contribution in [-0.4, -0.2) is 25.3 Å². The highest BCUT2D eigenvalue weighted by molar-refractivity contribution is 6.32. The molecule has 1 heterocycles. The first-order valence-corrected chi connectivity index (χ1v) is 9.37. The van der Waals surface area contributed by atoms with Gasteiger partial charge in [-0.2, -0.15) is 0 Å². The van der Waals surface area contributed by atoms with E-state index in [1.54, 1.807) is 13.3 Å². The molecule has 1 aromatic heterocycles. The second kappa shape index (κ2) is 9.85. The quantitative estimate of drug-likeness (QED) is 0.507. The largest absolute Gasteiger partial charge is 0.493 e. The van der Waals surface area contributed by atoms with E-state index in [2.05, 4.69) is 10.3 Å². The number of nitrogens with one attached hydrogen (secondary N) is 1. The van der Waals surface area contributed by atoms with Crippen LogP contribution < -0.4 is 19.5 Å². The fraction of sp³-hybridized carbons (Fsp3) is 0.227. The summed E-state index contributed by atoms with van der Waals surface area (Å²) >= 11 is 6.42. The van der Waals surface area contributed by atoms with Gasteiger partial charge in [-0.15, -0.1) is 0 Å². The fourth-order valence-corrected chi connectivity index (χ4v) is 2.90. The van der Waals surface area contributed by atoms with Gasteiger partial charge in [0, 0.05) is 12.7 Å². The van der Waals surface area contributed by atoms with Crippen LogP contribution in [0.1, 0.15) is 11.1 Å². The van der Waals surface area contributed by atoms with Crippen molar-refractivity contribution < 1.29 is 14.2 Å². The maximum Gasteiger partial charge on any atom is 0.179 e. The lowest BCUT2D eigenvalue weighted by molar-refractivity contribution is 0.211. The van der Waals surface area contributed by atoms with Crippen molar-refractivity contribution in [2.75, 3.05) is 25.6 Å². The maximum atomic E-state index is 6.42. The van der Waals surface area contributed by atoms with Gasteiger partial charge in [0.1, 0.15) is 24.8 Å². The molecular formula is C22H23ClN2O3. The molecule has 0 amide bonds. The first kappa shape index (κ1) is 19.8. The Morgan fingerprint density at radius 2 is 1.79 bits per heavy atom. The first-order valence-electron chi connectivity index (χ1n) is 8.99. The van der Waals surface area contributed by atoms with Gasteiger partial charge in [0.15, 0.2) is 11.5 Å². The average Bonchev–Trinajstić information content (AvgIpc) is 2.72. The minimum Gasteiger partial charge on any atom is -0.493 e. The van der Waals surface area contributed by atoms with Crippen LogP contribution in [0.25, 0.3) is 0 Å². The molecule has 0 radical (unpaired) electrons. The Bertz CT molecular complexity index is 886. The Morgan fingerprint density at radius 3 is 2.50 bits per heavy atom. The number of pyridine rings is 1. The third kappa shape index (κ3) is 5.54. The molecule has 0 aliphatic rings. The molecule has 0 aliphatic heterocycles. The van der Waals surface area contributed by atoms with Crippen LogP contribution in [0.3, 0.4) is 0 Å². The number of aryl methyl sites for hydroxylation is 1. The van der Waals surface area contributed by atoms with E-state index >= 15 is 0 Å². The predicted molar refractivity (Wildman–Crippen MR) is 112 cm³/mol. The van der Waals surface area contributed by atoms with Crippen LogP contribution >= 0.6 is 11.6 Å². The van der Waals surface area contributed by atoms with Crippen LogP contribution in [0.15, 0.2) is 60.8 Å². The number of halogens is 1. The number of aromatic nitrogens is 1. The fourth-order valence-electron chi connectivity index (χ4n) is 2.61. The van der Waals surface area contributed by atoms with Crippen molar-refractivity contribution in [3.8, 4) is 17.2 Å². The predicted octanol–water partition coefficient (Wildman–Crippen LogP) is 5.12. The molecule has 3 rings (SSSR count). The number of anilines is 1. The highest BCUT2D eigenvalue weighted by atomic mass is 35.5. The van der Waals surface area contributed by atoms with E-state index in [9.17, 15) is 0 Å². The van der Waals surface area contributed by atoms with E-state index in [1.807, 2.05) is 61.5 Å². The normalized spacial score (nSPS) is 10.4. The Hall–Kier alpha value is -2.92. The molecule has 0 unspecified atom stereocenters. The van der Waals surface area contributed by atoms with Crippen LogP contribution in [-0.2, 0) is 6.54 Å². The van der Waals surface area contributed by atoms with Gasteiger partial charge in [0.25, 0.3) is 0 Å². The Morgan fingerprint density at radius 1 is 1.00 bits per heavy atom. The van der Waals surface area contributed by atoms with Crippen molar-refractivity contribution in [3.05, 3.63) is 76.9 Å². The summed E-state index contributed by atoms with van der Waals surface area (Å²) in [5.74, 6) is 2.70. The summed E-state index contributed by atoms with van der Waals surface area (Å²) < 4.78 is 16.9. The van der Waals surface area contributed by atoms with Crippen LogP contribution in [0.5, 0.6) is 17.2 Å². The SMILES string of the molecule is COc1cc(CNc2ccccn2)cc(Cl)c1OCCOc1ccc(C)cc1. The lowest BCUT2D eigenvalue weighted by Gasteiger charge is -2.15. The molecule has 0 atom stereocenters. The molecule has 5 nitrogen and oxygen atoms in total. The molecule has 28 heavy (non-hydrogen) atoms. The number of ether oxygens (including phenoxy) is 3. The van der Waals surface area contributed by atoms with Crippen LogP contribution in [0.2, 0.25) is 5.02 Å². The number of hydrogen-bond acceptors (Lipinski definition) is 5. The van der Waals surface area contributed by atoms with Crippen molar-refractivity contribution >= 4 is 17.4 Å². The van der Waals surface area contributed by atoms with Crippen molar-refractivity contribution in [3.63, 3.8) is 0 Å². The van der Waals surface area contributed by atoms with Crippen molar-refractivity contribution in [2.24, 2.45) is 0 Å². The number of methoxy groups -OCH3 is 1. The molecule has 0 spiro atoms. The highest BCUT2D eigenvalue weighted by Gasteiger charge is 2.12.